The zero-order valence-corrected chi connectivity index (χ0v) is 12.3. The fourth-order valence-corrected chi connectivity index (χ4v) is 1.99. The highest BCUT2D eigenvalue weighted by atomic mass is 35.5. The number of aliphatic hydroxyl groups excluding tert-OH is 1. The van der Waals surface area contributed by atoms with Gasteiger partial charge in [-0.15, -0.1) is 0 Å². The molecule has 20 heavy (non-hydrogen) atoms. The van der Waals surface area contributed by atoms with Crippen LogP contribution in [0, 0.1) is 5.82 Å². The lowest BCUT2D eigenvalue weighted by molar-refractivity contribution is -0.117. The Hall–Kier alpha value is -1.17. The summed E-state index contributed by atoms with van der Waals surface area (Å²) in [5.41, 5.74) is 0.409. The Bertz CT molecular complexity index is 443. The zero-order valence-electron chi connectivity index (χ0n) is 11.5. The molecular formula is C14H20ClFN2O2. The van der Waals surface area contributed by atoms with E-state index in [1.807, 2.05) is 11.9 Å². The number of benzene rings is 1. The molecule has 112 valence electrons. The lowest BCUT2D eigenvalue weighted by Gasteiger charge is -2.16. The van der Waals surface area contributed by atoms with Gasteiger partial charge in [0.25, 0.3) is 0 Å². The average molecular weight is 303 g/mol. The van der Waals surface area contributed by atoms with E-state index in [2.05, 4.69) is 5.32 Å². The quantitative estimate of drug-likeness (QED) is 0.726. The Kier molecular flexibility index (Phi) is 7.51. The van der Waals surface area contributed by atoms with Crippen molar-refractivity contribution in [2.24, 2.45) is 0 Å². The van der Waals surface area contributed by atoms with Crippen molar-refractivity contribution in [3.05, 3.63) is 29.0 Å². The molecule has 1 amide bonds. The van der Waals surface area contributed by atoms with E-state index in [0.717, 1.165) is 31.9 Å². The van der Waals surface area contributed by atoms with Gasteiger partial charge in [0, 0.05) is 6.61 Å². The fraction of sp³-hybridized carbons (Fsp3) is 0.500. The summed E-state index contributed by atoms with van der Waals surface area (Å²) in [6.07, 6.45) is 2.65. The molecular weight excluding hydrogens is 283 g/mol. The van der Waals surface area contributed by atoms with Crippen LogP contribution in [0.25, 0.3) is 0 Å². The molecule has 1 rings (SSSR count). The number of hydrogen-bond donors (Lipinski definition) is 2. The summed E-state index contributed by atoms with van der Waals surface area (Å²) in [7, 11) is 1.85. The van der Waals surface area contributed by atoms with Crippen LogP contribution in [0.2, 0.25) is 5.02 Å². The molecule has 0 heterocycles. The van der Waals surface area contributed by atoms with E-state index in [4.69, 9.17) is 16.7 Å². The Morgan fingerprint density at radius 3 is 2.80 bits per heavy atom. The van der Waals surface area contributed by atoms with E-state index in [0.29, 0.717) is 5.69 Å². The van der Waals surface area contributed by atoms with Crippen LogP contribution in [0.5, 0.6) is 0 Å². The predicted octanol–water partition coefficient (Wildman–Crippen LogP) is 2.51. The maximum absolute atomic E-state index is 12.9. The van der Waals surface area contributed by atoms with E-state index in [9.17, 15) is 9.18 Å². The van der Waals surface area contributed by atoms with Gasteiger partial charge < -0.3 is 10.4 Å². The van der Waals surface area contributed by atoms with Gasteiger partial charge in [-0.2, -0.15) is 0 Å². The molecule has 0 spiro atoms. The Morgan fingerprint density at radius 2 is 2.15 bits per heavy atom. The summed E-state index contributed by atoms with van der Waals surface area (Å²) >= 11 is 5.84. The molecule has 0 saturated carbocycles. The number of unbranched alkanes of at least 4 members (excludes halogenated alkanes) is 2. The largest absolute Gasteiger partial charge is 0.396 e. The molecule has 0 bridgehead atoms. The second kappa shape index (κ2) is 8.89. The van der Waals surface area contributed by atoms with Crippen LogP contribution in [0.1, 0.15) is 19.3 Å². The molecule has 0 atom stereocenters. The minimum absolute atomic E-state index is 0.184. The molecule has 2 N–H and O–H groups in total. The molecule has 4 nitrogen and oxygen atoms in total. The van der Waals surface area contributed by atoms with Crippen molar-refractivity contribution in [3.8, 4) is 0 Å². The second-order valence-electron chi connectivity index (χ2n) is 4.69. The van der Waals surface area contributed by atoms with Gasteiger partial charge in [0.1, 0.15) is 5.82 Å². The number of nitrogens with zero attached hydrogens (tertiary/aromatic N) is 1. The first kappa shape index (κ1) is 16.9. The highest BCUT2D eigenvalue weighted by molar-refractivity contribution is 6.33. The molecule has 0 aliphatic rings. The van der Waals surface area contributed by atoms with Crippen LogP contribution in [0.3, 0.4) is 0 Å². The zero-order chi connectivity index (χ0) is 15.0. The van der Waals surface area contributed by atoms with E-state index in [-0.39, 0.29) is 24.1 Å². The topological polar surface area (TPSA) is 52.6 Å². The number of nitrogens with one attached hydrogen (secondary N) is 1. The summed E-state index contributed by atoms with van der Waals surface area (Å²) in [6, 6.07) is 3.85. The lowest BCUT2D eigenvalue weighted by atomic mass is 10.2. The third-order valence-corrected chi connectivity index (χ3v) is 3.13. The van der Waals surface area contributed by atoms with Crippen LogP contribution >= 0.6 is 11.6 Å². The monoisotopic (exact) mass is 302 g/mol. The summed E-state index contributed by atoms with van der Waals surface area (Å²) in [4.78, 5) is 13.7. The molecule has 0 fully saturated rings. The van der Waals surface area contributed by atoms with Crippen molar-refractivity contribution >= 4 is 23.2 Å². The average Bonchev–Trinajstić information content (AvgIpc) is 2.38. The highest BCUT2D eigenvalue weighted by Crippen LogP contribution is 2.22. The Labute approximate surface area is 123 Å². The predicted molar refractivity (Wildman–Crippen MR) is 78.5 cm³/mol. The van der Waals surface area contributed by atoms with Crippen LogP contribution < -0.4 is 5.32 Å². The number of likely N-dealkylation sites (N-methyl/N-ethyl adjacent to an activating group) is 1. The number of rotatable bonds is 8. The SMILES string of the molecule is CN(CCCCCO)CC(=O)Nc1ccc(F)cc1Cl. The van der Waals surface area contributed by atoms with E-state index in [1.54, 1.807) is 0 Å². The molecule has 0 aliphatic heterocycles. The summed E-state index contributed by atoms with van der Waals surface area (Å²) < 4.78 is 12.9. The van der Waals surface area contributed by atoms with Crippen molar-refractivity contribution < 1.29 is 14.3 Å². The van der Waals surface area contributed by atoms with Crippen molar-refractivity contribution in [3.63, 3.8) is 0 Å². The molecule has 1 aromatic rings. The molecule has 0 aliphatic carbocycles. The molecule has 0 radical (unpaired) electrons. The first-order valence-electron chi connectivity index (χ1n) is 6.57. The van der Waals surface area contributed by atoms with E-state index in [1.165, 1.54) is 12.1 Å². The van der Waals surface area contributed by atoms with Crippen molar-refractivity contribution in [1.82, 2.24) is 4.90 Å². The number of aliphatic hydroxyl groups is 1. The van der Waals surface area contributed by atoms with Gasteiger partial charge in [-0.25, -0.2) is 4.39 Å². The number of anilines is 1. The second-order valence-corrected chi connectivity index (χ2v) is 5.10. The first-order valence-corrected chi connectivity index (χ1v) is 6.95. The summed E-state index contributed by atoms with van der Waals surface area (Å²) in [6.45, 7) is 1.23. The van der Waals surface area contributed by atoms with Gasteiger partial charge >= 0.3 is 0 Å². The van der Waals surface area contributed by atoms with E-state index >= 15 is 0 Å². The summed E-state index contributed by atoms with van der Waals surface area (Å²) in [5, 5.41) is 11.5. The van der Waals surface area contributed by atoms with Crippen LogP contribution in [0.15, 0.2) is 18.2 Å². The molecule has 0 unspecified atom stereocenters. The normalized spacial score (nSPS) is 10.8. The van der Waals surface area contributed by atoms with Gasteiger partial charge in [-0.05, 0) is 51.1 Å². The Balaban J connectivity index is 2.35. The molecule has 6 heteroatoms. The molecule has 1 aromatic carbocycles. The van der Waals surface area contributed by atoms with Crippen molar-refractivity contribution in [1.29, 1.82) is 0 Å². The van der Waals surface area contributed by atoms with Crippen LogP contribution in [-0.4, -0.2) is 42.7 Å². The third kappa shape index (κ3) is 6.32. The number of carbonyl (C=O) groups excluding carboxylic acids is 1. The first-order chi connectivity index (χ1) is 9.52. The maximum Gasteiger partial charge on any atom is 0.238 e. The summed E-state index contributed by atoms with van der Waals surface area (Å²) in [5.74, 6) is -0.628. The molecule has 0 aromatic heterocycles. The van der Waals surface area contributed by atoms with Crippen molar-refractivity contribution in [2.75, 3.05) is 32.1 Å². The van der Waals surface area contributed by atoms with Gasteiger partial charge in [-0.1, -0.05) is 11.6 Å². The van der Waals surface area contributed by atoms with Gasteiger partial charge in [0.05, 0.1) is 17.3 Å². The number of carbonyl (C=O) groups is 1. The van der Waals surface area contributed by atoms with E-state index < -0.39 is 5.82 Å². The minimum atomic E-state index is -0.436. The van der Waals surface area contributed by atoms with Crippen LogP contribution in [-0.2, 0) is 4.79 Å². The van der Waals surface area contributed by atoms with Gasteiger partial charge in [0.2, 0.25) is 5.91 Å². The standard InChI is InChI=1S/C14H20ClFN2O2/c1-18(7-3-2-4-8-19)10-14(20)17-13-6-5-11(16)9-12(13)15/h5-6,9,19H,2-4,7-8,10H2,1H3,(H,17,20). The van der Waals surface area contributed by atoms with Gasteiger partial charge in [-0.3, -0.25) is 9.69 Å². The number of amides is 1. The Morgan fingerprint density at radius 1 is 1.40 bits per heavy atom. The minimum Gasteiger partial charge on any atom is -0.396 e. The lowest BCUT2D eigenvalue weighted by Crippen LogP contribution is -2.31. The van der Waals surface area contributed by atoms with Crippen molar-refractivity contribution in [2.45, 2.75) is 19.3 Å². The molecule has 0 saturated heterocycles. The van der Waals surface area contributed by atoms with Gasteiger partial charge in [0.15, 0.2) is 0 Å². The number of hydrogen-bond acceptors (Lipinski definition) is 3. The maximum atomic E-state index is 12.9. The highest BCUT2D eigenvalue weighted by Gasteiger charge is 2.09. The number of halogens is 2. The smallest absolute Gasteiger partial charge is 0.238 e. The third-order valence-electron chi connectivity index (χ3n) is 2.82. The fourth-order valence-electron chi connectivity index (χ4n) is 1.78. The van der Waals surface area contributed by atoms with Crippen LogP contribution in [0.4, 0.5) is 10.1 Å².